The van der Waals surface area contributed by atoms with Crippen LogP contribution in [-0.2, 0) is 14.3 Å². The molecule has 1 aromatic rings. The summed E-state index contributed by atoms with van der Waals surface area (Å²) in [5, 5.41) is 0. The summed E-state index contributed by atoms with van der Waals surface area (Å²) in [6, 6.07) is 6.72. The first-order valence-corrected chi connectivity index (χ1v) is 8.68. The van der Waals surface area contributed by atoms with Crippen molar-refractivity contribution in [2.75, 3.05) is 6.61 Å². The summed E-state index contributed by atoms with van der Waals surface area (Å²) in [5.41, 5.74) is 3.80. The average molecular weight is 306 g/mol. The van der Waals surface area contributed by atoms with Gasteiger partial charge in [0.1, 0.15) is 0 Å². The molecule has 0 saturated carbocycles. The Kier molecular flexibility index (Phi) is 5.37. The molecule has 4 heteroatoms. The van der Waals surface area contributed by atoms with Crippen molar-refractivity contribution in [3.05, 3.63) is 53.1 Å². The molecule has 0 fully saturated rings. The molecule has 2 rings (SSSR count). The van der Waals surface area contributed by atoms with Gasteiger partial charge in [-0.05, 0) is 51.7 Å². The fourth-order valence-corrected chi connectivity index (χ4v) is 3.30. The summed E-state index contributed by atoms with van der Waals surface area (Å²) in [4.78, 5) is 0.226. The zero-order valence-electron chi connectivity index (χ0n) is 12.6. The molecule has 0 spiro atoms. The molecule has 0 N–H and O–H groups in total. The number of benzene rings is 1. The number of rotatable bonds is 6. The van der Waals surface area contributed by atoms with E-state index in [1.165, 1.54) is 11.1 Å². The van der Waals surface area contributed by atoms with Crippen LogP contribution in [0.25, 0.3) is 0 Å². The SMILES string of the molecule is CC1=CCC=C(CCCOS(=O)(=O)c2ccc(C)cc2)C1. The molecular weight excluding hydrogens is 284 g/mol. The summed E-state index contributed by atoms with van der Waals surface area (Å²) in [5.74, 6) is 0. The van der Waals surface area contributed by atoms with Crippen LogP contribution in [0.4, 0.5) is 0 Å². The van der Waals surface area contributed by atoms with Crippen LogP contribution < -0.4 is 0 Å². The second kappa shape index (κ2) is 7.05. The lowest BCUT2D eigenvalue weighted by Crippen LogP contribution is -2.08. The van der Waals surface area contributed by atoms with Crippen molar-refractivity contribution in [1.29, 1.82) is 0 Å². The van der Waals surface area contributed by atoms with Crippen LogP contribution in [0.5, 0.6) is 0 Å². The van der Waals surface area contributed by atoms with Gasteiger partial charge < -0.3 is 0 Å². The molecule has 0 atom stereocenters. The zero-order valence-corrected chi connectivity index (χ0v) is 13.4. The lowest BCUT2D eigenvalue weighted by molar-refractivity contribution is 0.312. The molecule has 0 aliphatic heterocycles. The van der Waals surface area contributed by atoms with Gasteiger partial charge in [-0.25, -0.2) is 0 Å². The van der Waals surface area contributed by atoms with Gasteiger partial charge in [-0.3, -0.25) is 4.18 Å². The highest BCUT2D eigenvalue weighted by atomic mass is 32.2. The molecule has 0 bridgehead atoms. The minimum absolute atomic E-state index is 0.226. The van der Waals surface area contributed by atoms with E-state index in [0.717, 1.165) is 31.2 Å². The van der Waals surface area contributed by atoms with E-state index in [0.29, 0.717) is 0 Å². The summed E-state index contributed by atoms with van der Waals surface area (Å²) in [7, 11) is -3.62. The van der Waals surface area contributed by atoms with Gasteiger partial charge in [-0.2, -0.15) is 8.42 Å². The van der Waals surface area contributed by atoms with Crippen LogP contribution in [0.15, 0.2) is 52.5 Å². The third kappa shape index (κ3) is 4.83. The van der Waals surface area contributed by atoms with E-state index >= 15 is 0 Å². The summed E-state index contributed by atoms with van der Waals surface area (Å²) in [6.45, 7) is 4.28. The maximum absolute atomic E-state index is 12.0. The van der Waals surface area contributed by atoms with Crippen LogP contribution in [0.2, 0.25) is 0 Å². The summed E-state index contributed by atoms with van der Waals surface area (Å²) >= 11 is 0. The third-order valence-electron chi connectivity index (χ3n) is 3.57. The Bertz CT molecular complexity index is 637. The zero-order chi connectivity index (χ0) is 15.3. The van der Waals surface area contributed by atoms with E-state index in [4.69, 9.17) is 4.18 Å². The molecule has 0 amide bonds. The molecule has 1 aliphatic carbocycles. The third-order valence-corrected chi connectivity index (χ3v) is 4.90. The van der Waals surface area contributed by atoms with E-state index in [9.17, 15) is 8.42 Å². The number of allylic oxidation sites excluding steroid dienone is 4. The molecule has 1 aliphatic rings. The minimum atomic E-state index is -3.62. The smallest absolute Gasteiger partial charge is 0.266 e. The first-order valence-electron chi connectivity index (χ1n) is 7.27. The van der Waals surface area contributed by atoms with Crippen molar-refractivity contribution >= 4 is 10.1 Å². The van der Waals surface area contributed by atoms with Crippen molar-refractivity contribution in [3.63, 3.8) is 0 Å². The monoisotopic (exact) mass is 306 g/mol. The van der Waals surface area contributed by atoms with E-state index in [-0.39, 0.29) is 11.5 Å². The van der Waals surface area contributed by atoms with Gasteiger partial charge in [0.15, 0.2) is 0 Å². The van der Waals surface area contributed by atoms with Gasteiger partial charge in [-0.1, -0.05) is 41.0 Å². The number of aryl methyl sites for hydroxylation is 1. The van der Waals surface area contributed by atoms with Crippen LogP contribution in [0.3, 0.4) is 0 Å². The first-order chi connectivity index (χ1) is 9.97. The fourth-order valence-electron chi connectivity index (χ4n) is 2.36. The van der Waals surface area contributed by atoms with Crippen molar-refractivity contribution < 1.29 is 12.6 Å². The summed E-state index contributed by atoms with van der Waals surface area (Å²) in [6.07, 6.45) is 8.07. The van der Waals surface area contributed by atoms with Crippen molar-refractivity contribution in [2.45, 2.75) is 44.4 Å². The Morgan fingerprint density at radius 2 is 1.81 bits per heavy atom. The van der Waals surface area contributed by atoms with E-state index in [1.807, 2.05) is 6.92 Å². The molecule has 114 valence electrons. The Hall–Kier alpha value is -1.39. The second-order valence-corrected chi connectivity index (χ2v) is 7.13. The highest BCUT2D eigenvalue weighted by Crippen LogP contribution is 2.22. The molecular formula is C17H22O3S. The molecule has 0 unspecified atom stereocenters. The molecule has 21 heavy (non-hydrogen) atoms. The summed E-state index contributed by atoms with van der Waals surface area (Å²) < 4.78 is 29.1. The predicted octanol–water partition coefficient (Wildman–Crippen LogP) is 4.15. The lowest BCUT2D eigenvalue weighted by atomic mass is 9.96. The number of hydrogen-bond acceptors (Lipinski definition) is 3. The second-order valence-electron chi connectivity index (χ2n) is 5.52. The van der Waals surface area contributed by atoms with Crippen molar-refractivity contribution in [2.24, 2.45) is 0 Å². The Labute approximate surface area is 127 Å². The van der Waals surface area contributed by atoms with Gasteiger partial charge in [0.05, 0.1) is 11.5 Å². The van der Waals surface area contributed by atoms with Crippen LogP contribution in [0, 0.1) is 6.92 Å². The van der Waals surface area contributed by atoms with E-state index in [1.54, 1.807) is 24.3 Å². The predicted molar refractivity (Wildman–Crippen MR) is 84.6 cm³/mol. The molecule has 0 aromatic heterocycles. The van der Waals surface area contributed by atoms with Crippen molar-refractivity contribution in [1.82, 2.24) is 0 Å². The Morgan fingerprint density at radius 1 is 1.10 bits per heavy atom. The highest BCUT2D eigenvalue weighted by Gasteiger charge is 2.14. The number of hydrogen-bond donors (Lipinski definition) is 0. The van der Waals surface area contributed by atoms with Gasteiger partial charge in [0.2, 0.25) is 0 Å². The van der Waals surface area contributed by atoms with Crippen molar-refractivity contribution in [3.8, 4) is 0 Å². The topological polar surface area (TPSA) is 43.4 Å². The normalized spacial score (nSPS) is 15.5. The van der Waals surface area contributed by atoms with Crippen LogP contribution >= 0.6 is 0 Å². The molecule has 3 nitrogen and oxygen atoms in total. The van der Waals surface area contributed by atoms with E-state index in [2.05, 4.69) is 19.1 Å². The molecule has 0 saturated heterocycles. The van der Waals surface area contributed by atoms with Gasteiger partial charge in [0, 0.05) is 0 Å². The standard InChI is InChI=1S/C17H22O3S/c1-14-8-10-17(11-9-14)21(18,19)20-12-4-7-16-6-3-5-15(2)13-16/h5-6,8-11H,3-4,7,12-13H2,1-2H3. The fraction of sp³-hybridized carbons (Fsp3) is 0.412. The van der Waals surface area contributed by atoms with Gasteiger partial charge in [-0.15, -0.1) is 0 Å². The highest BCUT2D eigenvalue weighted by molar-refractivity contribution is 7.86. The van der Waals surface area contributed by atoms with E-state index < -0.39 is 10.1 Å². The molecule has 0 heterocycles. The maximum Gasteiger partial charge on any atom is 0.296 e. The van der Waals surface area contributed by atoms with Crippen LogP contribution in [0.1, 0.15) is 38.2 Å². The lowest BCUT2D eigenvalue weighted by Gasteiger charge is -2.12. The first kappa shape index (κ1) is 16.0. The molecule has 0 radical (unpaired) electrons. The molecule has 1 aromatic carbocycles. The largest absolute Gasteiger partial charge is 0.296 e. The average Bonchev–Trinajstić information content (AvgIpc) is 2.44. The van der Waals surface area contributed by atoms with Crippen LogP contribution in [-0.4, -0.2) is 15.0 Å². The Morgan fingerprint density at radius 3 is 2.48 bits per heavy atom. The maximum atomic E-state index is 12.0. The minimum Gasteiger partial charge on any atom is -0.266 e. The quantitative estimate of drug-likeness (QED) is 0.450. The van der Waals surface area contributed by atoms with Gasteiger partial charge in [0.25, 0.3) is 10.1 Å². The van der Waals surface area contributed by atoms with Gasteiger partial charge >= 0.3 is 0 Å². The Balaban J connectivity index is 1.80.